The van der Waals surface area contributed by atoms with Gasteiger partial charge < -0.3 is 9.84 Å². The van der Waals surface area contributed by atoms with Crippen molar-refractivity contribution in [3.05, 3.63) is 57.3 Å². The molecule has 0 spiro atoms. The lowest BCUT2D eigenvalue weighted by molar-refractivity contribution is 0.0696. The zero-order valence-electron chi connectivity index (χ0n) is 9.64. The highest BCUT2D eigenvalue weighted by Gasteiger charge is 2.07. The molecule has 2 aromatic rings. The van der Waals surface area contributed by atoms with Crippen molar-refractivity contribution in [2.24, 2.45) is 0 Å². The van der Waals surface area contributed by atoms with Crippen LogP contribution < -0.4 is 4.74 Å². The highest BCUT2D eigenvalue weighted by molar-refractivity contribution is 9.10. The van der Waals surface area contributed by atoms with Crippen LogP contribution in [0.4, 0.5) is 0 Å². The van der Waals surface area contributed by atoms with Gasteiger partial charge in [-0.3, -0.25) is 4.98 Å². The Labute approximate surface area is 123 Å². The molecule has 0 aliphatic heterocycles. The second-order valence-electron chi connectivity index (χ2n) is 3.74. The number of hydrogen-bond acceptors (Lipinski definition) is 3. The molecule has 1 N–H and O–H groups in total. The number of hydrogen-bond donors (Lipinski definition) is 1. The summed E-state index contributed by atoms with van der Waals surface area (Å²) >= 11 is 9.11. The van der Waals surface area contributed by atoms with E-state index in [1.807, 2.05) is 0 Å². The van der Waals surface area contributed by atoms with Crippen LogP contribution in [-0.4, -0.2) is 16.1 Å². The molecule has 1 aromatic carbocycles. The van der Waals surface area contributed by atoms with Crippen molar-refractivity contribution < 1.29 is 14.6 Å². The molecule has 0 amide bonds. The van der Waals surface area contributed by atoms with Crippen molar-refractivity contribution >= 4 is 33.5 Å². The number of carbonyl (C=O) groups is 1. The number of halogens is 2. The van der Waals surface area contributed by atoms with Crippen molar-refractivity contribution in [1.82, 2.24) is 4.98 Å². The summed E-state index contributed by atoms with van der Waals surface area (Å²) in [6.07, 6.45) is 3.08. The number of aromatic carboxylic acids is 1. The molecule has 4 nitrogen and oxygen atoms in total. The maximum absolute atomic E-state index is 10.8. The summed E-state index contributed by atoms with van der Waals surface area (Å²) in [6.45, 7) is 0.294. The summed E-state index contributed by atoms with van der Waals surface area (Å²) in [5, 5.41) is 9.36. The minimum Gasteiger partial charge on any atom is -0.487 e. The fourth-order valence-electron chi connectivity index (χ4n) is 1.43. The Morgan fingerprint density at radius 1 is 1.37 bits per heavy atom. The third kappa shape index (κ3) is 3.68. The van der Waals surface area contributed by atoms with Crippen LogP contribution in [0.5, 0.6) is 5.75 Å². The number of nitrogens with zero attached hydrogens (tertiary/aromatic N) is 1. The summed E-state index contributed by atoms with van der Waals surface area (Å²) in [5.74, 6) is -0.408. The van der Waals surface area contributed by atoms with Gasteiger partial charge in [-0.2, -0.15) is 0 Å². The normalized spacial score (nSPS) is 10.2. The molecule has 0 saturated carbocycles. The van der Waals surface area contributed by atoms with Gasteiger partial charge in [-0.25, -0.2) is 4.79 Å². The molecule has 98 valence electrons. The van der Waals surface area contributed by atoms with E-state index < -0.39 is 5.97 Å². The summed E-state index contributed by atoms with van der Waals surface area (Å²) in [5.41, 5.74) is 1.06. The van der Waals surface area contributed by atoms with E-state index in [0.717, 1.165) is 5.56 Å². The van der Waals surface area contributed by atoms with Crippen molar-refractivity contribution in [3.8, 4) is 5.75 Å². The first kappa shape index (κ1) is 13.8. The monoisotopic (exact) mass is 341 g/mol. The molecule has 19 heavy (non-hydrogen) atoms. The average Bonchev–Trinajstić information content (AvgIpc) is 2.37. The lowest BCUT2D eigenvalue weighted by Gasteiger charge is -2.08. The second-order valence-corrected chi connectivity index (χ2v) is 5.03. The number of aromatic nitrogens is 1. The standard InChI is InChI=1S/C13H9BrClNO3/c14-12-3-8(13(17)18)1-2-9(12)7-19-11-4-10(15)5-16-6-11/h1-6H,7H2,(H,17,18). The molecule has 1 aromatic heterocycles. The fraction of sp³-hybridized carbons (Fsp3) is 0.0769. The molecule has 1 heterocycles. The number of benzene rings is 1. The predicted octanol–water partition coefficient (Wildman–Crippen LogP) is 3.77. The lowest BCUT2D eigenvalue weighted by atomic mass is 10.1. The van der Waals surface area contributed by atoms with Crippen LogP contribution in [0.3, 0.4) is 0 Å². The van der Waals surface area contributed by atoms with Crippen LogP contribution >= 0.6 is 27.5 Å². The lowest BCUT2D eigenvalue weighted by Crippen LogP contribution is -2.00. The molecule has 0 saturated heterocycles. The summed E-state index contributed by atoms with van der Waals surface area (Å²) in [4.78, 5) is 14.7. The van der Waals surface area contributed by atoms with E-state index in [4.69, 9.17) is 21.4 Å². The first-order valence-corrected chi connectivity index (χ1v) is 6.48. The van der Waals surface area contributed by atoms with Crippen LogP contribution in [0.1, 0.15) is 15.9 Å². The van der Waals surface area contributed by atoms with Gasteiger partial charge in [-0.1, -0.05) is 33.6 Å². The number of carboxylic acid groups (broad SMARTS) is 1. The Morgan fingerprint density at radius 3 is 2.79 bits per heavy atom. The first-order valence-electron chi connectivity index (χ1n) is 5.31. The topological polar surface area (TPSA) is 59.4 Å². The SMILES string of the molecule is O=C(O)c1ccc(COc2cncc(Cl)c2)c(Br)c1. The predicted molar refractivity (Wildman–Crippen MR) is 74.7 cm³/mol. The molecule has 0 radical (unpaired) electrons. The van der Waals surface area contributed by atoms with Gasteiger partial charge in [0, 0.05) is 22.3 Å². The Hall–Kier alpha value is -1.59. The molecule has 0 bridgehead atoms. The van der Waals surface area contributed by atoms with Crippen molar-refractivity contribution in [3.63, 3.8) is 0 Å². The Bertz CT molecular complexity index is 619. The second kappa shape index (κ2) is 6.04. The first-order chi connectivity index (χ1) is 9.06. The van der Waals surface area contributed by atoms with Crippen LogP contribution in [0.25, 0.3) is 0 Å². The highest BCUT2D eigenvalue weighted by atomic mass is 79.9. The van der Waals surface area contributed by atoms with E-state index in [9.17, 15) is 4.79 Å². The van der Waals surface area contributed by atoms with Crippen LogP contribution in [-0.2, 0) is 6.61 Å². The molecule has 0 aliphatic rings. The van der Waals surface area contributed by atoms with Crippen molar-refractivity contribution in [1.29, 1.82) is 0 Å². The minimum absolute atomic E-state index is 0.222. The third-order valence-corrected chi connectivity index (χ3v) is 3.32. The van der Waals surface area contributed by atoms with Crippen LogP contribution in [0.15, 0.2) is 41.1 Å². The molecule has 0 fully saturated rings. The zero-order chi connectivity index (χ0) is 13.8. The Kier molecular flexibility index (Phi) is 4.39. The van der Waals surface area contributed by atoms with Crippen LogP contribution in [0, 0.1) is 0 Å². The van der Waals surface area contributed by atoms with Gasteiger partial charge in [0.1, 0.15) is 12.4 Å². The molecular weight excluding hydrogens is 334 g/mol. The molecule has 6 heteroatoms. The van der Waals surface area contributed by atoms with E-state index >= 15 is 0 Å². The number of carboxylic acids is 1. The quantitative estimate of drug-likeness (QED) is 0.918. The van der Waals surface area contributed by atoms with E-state index in [1.165, 1.54) is 18.3 Å². The molecule has 2 rings (SSSR count). The van der Waals surface area contributed by atoms with Gasteiger partial charge >= 0.3 is 5.97 Å². The largest absolute Gasteiger partial charge is 0.487 e. The number of ether oxygens (including phenoxy) is 1. The fourth-order valence-corrected chi connectivity index (χ4v) is 2.09. The maximum atomic E-state index is 10.8. The molecular formula is C13H9BrClNO3. The number of rotatable bonds is 4. The van der Waals surface area contributed by atoms with E-state index in [-0.39, 0.29) is 5.56 Å². The van der Waals surface area contributed by atoms with Gasteiger partial charge in [0.2, 0.25) is 0 Å². The van der Waals surface area contributed by atoms with Crippen molar-refractivity contribution in [2.45, 2.75) is 6.61 Å². The minimum atomic E-state index is -0.966. The van der Waals surface area contributed by atoms with E-state index in [2.05, 4.69) is 20.9 Å². The summed E-state index contributed by atoms with van der Waals surface area (Å²) in [7, 11) is 0. The van der Waals surface area contributed by atoms with E-state index in [1.54, 1.807) is 18.3 Å². The Morgan fingerprint density at radius 2 is 2.16 bits per heavy atom. The number of pyridine rings is 1. The van der Waals surface area contributed by atoms with Gasteiger partial charge in [0.25, 0.3) is 0 Å². The Balaban J connectivity index is 2.10. The summed E-state index contributed by atoms with van der Waals surface area (Å²) < 4.78 is 6.21. The van der Waals surface area contributed by atoms with Crippen molar-refractivity contribution in [2.75, 3.05) is 0 Å². The van der Waals surface area contributed by atoms with Gasteiger partial charge in [0.15, 0.2) is 0 Å². The highest BCUT2D eigenvalue weighted by Crippen LogP contribution is 2.22. The molecule has 0 aliphatic carbocycles. The van der Waals surface area contributed by atoms with Gasteiger partial charge in [-0.05, 0) is 12.1 Å². The third-order valence-electron chi connectivity index (χ3n) is 2.37. The van der Waals surface area contributed by atoms with Gasteiger partial charge in [0.05, 0.1) is 16.8 Å². The maximum Gasteiger partial charge on any atom is 0.335 e. The molecule has 0 unspecified atom stereocenters. The molecule has 0 atom stereocenters. The zero-order valence-corrected chi connectivity index (χ0v) is 12.0. The van der Waals surface area contributed by atoms with Crippen LogP contribution in [0.2, 0.25) is 5.02 Å². The average molecular weight is 343 g/mol. The van der Waals surface area contributed by atoms with E-state index in [0.29, 0.717) is 21.9 Å². The van der Waals surface area contributed by atoms with Gasteiger partial charge in [-0.15, -0.1) is 0 Å². The summed E-state index contributed by atoms with van der Waals surface area (Å²) in [6, 6.07) is 6.43. The smallest absolute Gasteiger partial charge is 0.335 e.